The van der Waals surface area contributed by atoms with Gasteiger partial charge in [-0.2, -0.15) is 0 Å². The molecule has 5 heteroatoms. The second kappa shape index (κ2) is 6.07. The van der Waals surface area contributed by atoms with E-state index in [0.29, 0.717) is 12.5 Å². The number of carbonyl (C=O) groups is 2. The number of carboxylic acid groups (broad SMARTS) is 1. The van der Waals surface area contributed by atoms with Crippen molar-refractivity contribution in [2.45, 2.75) is 63.5 Å². The van der Waals surface area contributed by atoms with Gasteiger partial charge in [0.2, 0.25) is 0 Å². The summed E-state index contributed by atoms with van der Waals surface area (Å²) >= 11 is 0. The van der Waals surface area contributed by atoms with Crippen molar-refractivity contribution < 1.29 is 14.7 Å². The first-order valence-corrected chi connectivity index (χ1v) is 6.96. The molecule has 1 unspecified atom stereocenters. The highest BCUT2D eigenvalue weighted by Gasteiger charge is 2.29. The first-order chi connectivity index (χ1) is 8.66. The van der Waals surface area contributed by atoms with Crippen molar-refractivity contribution in [1.82, 2.24) is 10.2 Å². The Hall–Kier alpha value is -1.26. The monoisotopic (exact) mass is 254 g/mol. The van der Waals surface area contributed by atoms with E-state index < -0.39 is 5.97 Å². The van der Waals surface area contributed by atoms with E-state index in [1.54, 1.807) is 0 Å². The van der Waals surface area contributed by atoms with Gasteiger partial charge < -0.3 is 15.3 Å². The van der Waals surface area contributed by atoms with E-state index in [1.807, 2.05) is 4.90 Å². The van der Waals surface area contributed by atoms with Crippen LogP contribution in [0.5, 0.6) is 0 Å². The molecular weight excluding hydrogens is 232 g/mol. The molecule has 1 heterocycles. The van der Waals surface area contributed by atoms with Crippen LogP contribution in [0.3, 0.4) is 0 Å². The van der Waals surface area contributed by atoms with Crippen molar-refractivity contribution >= 4 is 12.0 Å². The van der Waals surface area contributed by atoms with Gasteiger partial charge in [-0.1, -0.05) is 0 Å². The standard InChI is InChI=1S/C13H22N2O3/c16-12(17)8-7-11-6-1-2-9-15(11)13(18)14-10-4-3-5-10/h10-11H,1-9H2,(H,14,18)(H,16,17). The van der Waals surface area contributed by atoms with Crippen LogP contribution in [-0.2, 0) is 4.79 Å². The Balaban J connectivity index is 1.85. The summed E-state index contributed by atoms with van der Waals surface area (Å²) in [5, 5.41) is 11.8. The van der Waals surface area contributed by atoms with Gasteiger partial charge in [-0.05, 0) is 44.9 Å². The third-order valence-corrected chi connectivity index (χ3v) is 4.01. The molecule has 2 N–H and O–H groups in total. The molecule has 2 fully saturated rings. The minimum absolute atomic E-state index is 0.00906. The molecule has 0 aromatic heterocycles. The van der Waals surface area contributed by atoms with Crippen molar-refractivity contribution in [2.24, 2.45) is 0 Å². The molecule has 1 aliphatic heterocycles. The van der Waals surface area contributed by atoms with Gasteiger partial charge in [-0.3, -0.25) is 4.79 Å². The number of urea groups is 1. The number of hydrogen-bond donors (Lipinski definition) is 2. The number of likely N-dealkylation sites (tertiary alicyclic amines) is 1. The van der Waals surface area contributed by atoms with Gasteiger partial charge >= 0.3 is 12.0 Å². The number of carboxylic acids is 1. The topological polar surface area (TPSA) is 69.6 Å². The summed E-state index contributed by atoms with van der Waals surface area (Å²) in [6, 6.07) is 0.462. The molecule has 2 amide bonds. The van der Waals surface area contributed by atoms with Crippen LogP contribution < -0.4 is 5.32 Å². The lowest BCUT2D eigenvalue weighted by Gasteiger charge is -2.38. The van der Waals surface area contributed by atoms with Gasteiger partial charge in [-0.25, -0.2) is 4.79 Å². The van der Waals surface area contributed by atoms with E-state index in [2.05, 4.69) is 5.32 Å². The third-order valence-electron chi connectivity index (χ3n) is 4.01. The van der Waals surface area contributed by atoms with Crippen molar-refractivity contribution in [2.75, 3.05) is 6.54 Å². The van der Waals surface area contributed by atoms with Crippen molar-refractivity contribution in [3.63, 3.8) is 0 Å². The van der Waals surface area contributed by atoms with Gasteiger partial charge in [0, 0.05) is 25.0 Å². The second-order valence-corrected chi connectivity index (χ2v) is 5.35. The number of piperidine rings is 1. The molecule has 5 nitrogen and oxygen atoms in total. The molecule has 2 rings (SSSR count). The number of amides is 2. The van der Waals surface area contributed by atoms with Crippen molar-refractivity contribution in [3.8, 4) is 0 Å². The SMILES string of the molecule is O=C(O)CCC1CCCCN1C(=O)NC1CCC1. The summed E-state index contributed by atoms with van der Waals surface area (Å²) in [5.74, 6) is -0.778. The number of rotatable bonds is 4. The average molecular weight is 254 g/mol. The van der Waals surface area contributed by atoms with E-state index in [4.69, 9.17) is 5.11 Å². The minimum atomic E-state index is -0.778. The third kappa shape index (κ3) is 3.37. The predicted octanol–water partition coefficient (Wildman–Crippen LogP) is 1.97. The summed E-state index contributed by atoms with van der Waals surface area (Å²) in [6.45, 7) is 0.767. The number of hydrogen-bond acceptors (Lipinski definition) is 2. The van der Waals surface area contributed by atoms with E-state index in [1.165, 1.54) is 6.42 Å². The van der Waals surface area contributed by atoms with Crippen LogP contribution in [0.4, 0.5) is 4.79 Å². The zero-order valence-corrected chi connectivity index (χ0v) is 10.7. The lowest BCUT2D eigenvalue weighted by atomic mass is 9.93. The molecule has 102 valence electrons. The Bertz CT molecular complexity index is 315. The molecule has 1 saturated carbocycles. The molecule has 0 aromatic carbocycles. The lowest BCUT2D eigenvalue weighted by Crippen LogP contribution is -2.52. The van der Waals surface area contributed by atoms with Crippen LogP contribution in [0.25, 0.3) is 0 Å². The molecule has 0 spiro atoms. The van der Waals surface area contributed by atoms with Crippen LogP contribution in [-0.4, -0.2) is 40.6 Å². The maximum absolute atomic E-state index is 12.1. The molecule has 1 saturated heterocycles. The largest absolute Gasteiger partial charge is 0.481 e. The van der Waals surface area contributed by atoms with E-state index in [9.17, 15) is 9.59 Å². The van der Waals surface area contributed by atoms with Crippen LogP contribution in [0, 0.1) is 0 Å². The highest BCUT2D eigenvalue weighted by atomic mass is 16.4. The Morgan fingerprint density at radius 2 is 1.94 bits per heavy atom. The summed E-state index contributed by atoms with van der Waals surface area (Å²) in [6.07, 6.45) is 7.15. The Kier molecular flexibility index (Phi) is 4.44. The first-order valence-electron chi connectivity index (χ1n) is 6.96. The van der Waals surface area contributed by atoms with Crippen LogP contribution in [0.2, 0.25) is 0 Å². The number of aliphatic carboxylic acids is 1. The van der Waals surface area contributed by atoms with Crippen molar-refractivity contribution in [3.05, 3.63) is 0 Å². The normalized spacial score (nSPS) is 24.4. The fourth-order valence-corrected chi connectivity index (χ4v) is 2.67. The van der Waals surface area contributed by atoms with Crippen LogP contribution in [0.15, 0.2) is 0 Å². The first kappa shape index (κ1) is 13.2. The average Bonchev–Trinajstić information content (AvgIpc) is 2.31. The fraction of sp³-hybridized carbons (Fsp3) is 0.846. The summed E-state index contributed by atoms with van der Waals surface area (Å²) in [5.41, 5.74) is 0. The molecule has 0 bridgehead atoms. The van der Waals surface area contributed by atoms with Gasteiger partial charge in [0.25, 0.3) is 0 Å². The highest BCUT2D eigenvalue weighted by Crippen LogP contribution is 2.23. The molecule has 1 atom stereocenters. The van der Waals surface area contributed by atoms with Crippen molar-refractivity contribution in [1.29, 1.82) is 0 Å². The van der Waals surface area contributed by atoms with Gasteiger partial charge in [0.15, 0.2) is 0 Å². The minimum Gasteiger partial charge on any atom is -0.481 e. The second-order valence-electron chi connectivity index (χ2n) is 5.35. The van der Waals surface area contributed by atoms with Gasteiger partial charge in [0.05, 0.1) is 0 Å². The Morgan fingerprint density at radius 3 is 2.56 bits per heavy atom. The summed E-state index contributed by atoms with van der Waals surface area (Å²) in [7, 11) is 0. The maximum Gasteiger partial charge on any atom is 0.317 e. The molecule has 1 aliphatic carbocycles. The zero-order valence-electron chi connectivity index (χ0n) is 10.7. The highest BCUT2D eigenvalue weighted by molar-refractivity contribution is 5.75. The number of nitrogens with one attached hydrogen (secondary N) is 1. The fourth-order valence-electron chi connectivity index (χ4n) is 2.67. The van der Waals surface area contributed by atoms with Gasteiger partial charge in [-0.15, -0.1) is 0 Å². The summed E-state index contributed by atoms with van der Waals surface area (Å²) in [4.78, 5) is 24.6. The van der Waals surface area contributed by atoms with E-state index in [0.717, 1.165) is 38.6 Å². The van der Waals surface area contributed by atoms with Crippen LogP contribution >= 0.6 is 0 Å². The van der Waals surface area contributed by atoms with Crippen LogP contribution in [0.1, 0.15) is 51.4 Å². The molecule has 0 aromatic rings. The predicted molar refractivity (Wildman–Crippen MR) is 67.4 cm³/mol. The molecule has 0 radical (unpaired) electrons. The molecule has 18 heavy (non-hydrogen) atoms. The Labute approximate surface area is 108 Å². The summed E-state index contributed by atoms with van der Waals surface area (Å²) < 4.78 is 0. The Morgan fingerprint density at radius 1 is 1.17 bits per heavy atom. The van der Waals surface area contributed by atoms with E-state index in [-0.39, 0.29) is 18.5 Å². The smallest absolute Gasteiger partial charge is 0.317 e. The zero-order chi connectivity index (χ0) is 13.0. The maximum atomic E-state index is 12.1. The molecule has 2 aliphatic rings. The number of nitrogens with zero attached hydrogens (tertiary/aromatic N) is 1. The van der Waals surface area contributed by atoms with E-state index >= 15 is 0 Å². The lowest BCUT2D eigenvalue weighted by molar-refractivity contribution is -0.137. The quantitative estimate of drug-likeness (QED) is 0.805. The number of carbonyl (C=O) groups excluding carboxylic acids is 1. The van der Waals surface area contributed by atoms with Gasteiger partial charge in [0.1, 0.15) is 0 Å². The molecular formula is C13H22N2O3.